The van der Waals surface area contributed by atoms with Crippen LogP contribution in [0.15, 0.2) is 41.6 Å². The normalized spacial score (nSPS) is 21.7. The summed E-state index contributed by atoms with van der Waals surface area (Å²) in [7, 11) is 5.66. The van der Waals surface area contributed by atoms with Crippen LogP contribution < -0.4 is 4.74 Å². The fourth-order valence-corrected chi connectivity index (χ4v) is 4.21. The Bertz CT molecular complexity index is 865. The molecular formula is C20H17BCl3NO2. The van der Waals surface area contributed by atoms with E-state index < -0.39 is 0 Å². The van der Waals surface area contributed by atoms with E-state index in [0.717, 1.165) is 24.1 Å². The van der Waals surface area contributed by atoms with E-state index in [4.69, 9.17) is 52.2 Å². The average molecular weight is 421 g/mol. The van der Waals surface area contributed by atoms with Gasteiger partial charge in [-0.05, 0) is 48.6 Å². The Kier molecular flexibility index (Phi) is 5.59. The molecule has 2 aromatic rings. The molecule has 0 N–H and O–H groups in total. The maximum atomic E-state index is 6.40. The molecule has 1 aliphatic heterocycles. The van der Waals surface area contributed by atoms with Crippen LogP contribution in [0.4, 0.5) is 0 Å². The van der Waals surface area contributed by atoms with Crippen LogP contribution in [0.3, 0.4) is 0 Å². The molecule has 138 valence electrons. The first-order chi connectivity index (χ1) is 13.1. The summed E-state index contributed by atoms with van der Waals surface area (Å²) >= 11 is 19.0. The van der Waals surface area contributed by atoms with Gasteiger partial charge in [0.15, 0.2) is 0 Å². The second-order valence-electron chi connectivity index (χ2n) is 6.86. The number of nitrogens with zero attached hydrogens (tertiary/aromatic N) is 1. The van der Waals surface area contributed by atoms with Gasteiger partial charge in [0.05, 0.1) is 23.8 Å². The van der Waals surface area contributed by atoms with Gasteiger partial charge in [-0.3, -0.25) is 0 Å². The lowest BCUT2D eigenvalue weighted by molar-refractivity contribution is 0.0340. The van der Waals surface area contributed by atoms with E-state index in [1.807, 2.05) is 18.2 Å². The van der Waals surface area contributed by atoms with E-state index in [0.29, 0.717) is 45.2 Å². The minimum absolute atomic E-state index is 0.0221. The van der Waals surface area contributed by atoms with Gasteiger partial charge in [0.25, 0.3) is 0 Å². The minimum Gasteiger partial charge on any atom is -0.493 e. The van der Waals surface area contributed by atoms with Crippen molar-refractivity contribution in [1.29, 1.82) is 0 Å². The first kappa shape index (κ1) is 19.0. The Morgan fingerprint density at radius 1 is 1.07 bits per heavy atom. The molecular weight excluding hydrogens is 403 g/mol. The molecule has 1 saturated carbocycles. The molecule has 27 heavy (non-hydrogen) atoms. The largest absolute Gasteiger partial charge is 0.493 e. The van der Waals surface area contributed by atoms with Crippen LogP contribution in [0.25, 0.3) is 0 Å². The molecule has 0 spiro atoms. The molecule has 2 aliphatic rings. The molecule has 2 aromatic carbocycles. The van der Waals surface area contributed by atoms with Crippen molar-refractivity contribution in [3.63, 3.8) is 0 Å². The molecule has 4 rings (SSSR count). The number of benzene rings is 2. The summed E-state index contributed by atoms with van der Waals surface area (Å²) in [6.45, 7) is 0.403. The monoisotopic (exact) mass is 419 g/mol. The number of oxime groups is 1. The van der Waals surface area contributed by atoms with Crippen molar-refractivity contribution in [2.24, 2.45) is 17.0 Å². The maximum Gasteiger partial charge on any atom is 0.142 e. The summed E-state index contributed by atoms with van der Waals surface area (Å²) < 4.78 is 6.04. The van der Waals surface area contributed by atoms with Crippen LogP contribution in [0, 0.1) is 11.8 Å². The molecule has 2 radical (unpaired) electrons. The van der Waals surface area contributed by atoms with E-state index in [2.05, 4.69) is 5.16 Å². The summed E-state index contributed by atoms with van der Waals surface area (Å²) in [5, 5.41) is 6.04. The minimum atomic E-state index is -0.0529. The standard InChI is InChI=1S/C20H17BCl3NO2/c21-9-12-6-7-13(8-17(12)24)26-10-14-19(25-27-20(14)11-4-5-11)18-15(22)2-1-3-16(18)23/h1-3,6-8,11,14,20H,4-5,9-10H2. The van der Waals surface area contributed by atoms with E-state index in [-0.39, 0.29) is 12.0 Å². The first-order valence-corrected chi connectivity index (χ1v) is 10.0. The maximum absolute atomic E-state index is 6.40. The van der Waals surface area contributed by atoms with Gasteiger partial charge in [0, 0.05) is 10.6 Å². The molecule has 0 amide bonds. The number of rotatable bonds is 6. The van der Waals surface area contributed by atoms with Crippen molar-refractivity contribution in [3.8, 4) is 5.75 Å². The lowest BCUT2D eigenvalue weighted by Crippen LogP contribution is -2.31. The topological polar surface area (TPSA) is 30.8 Å². The number of ether oxygens (including phenoxy) is 1. The van der Waals surface area contributed by atoms with Gasteiger partial charge in [-0.2, -0.15) is 0 Å². The van der Waals surface area contributed by atoms with Crippen LogP contribution in [0.5, 0.6) is 5.75 Å². The summed E-state index contributed by atoms with van der Waals surface area (Å²) in [5.41, 5.74) is 2.34. The van der Waals surface area contributed by atoms with E-state index in [1.165, 1.54) is 0 Å². The fourth-order valence-electron chi connectivity index (χ4n) is 3.37. The number of hydrogen-bond acceptors (Lipinski definition) is 3. The fraction of sp³-hybridized carbons (Fsp3) is 0.350. The zero-order chi connectivity index (χ0) is 19.0. The zero-order valence-electron chi connectivity index (χ0n) is 14.5. The zero-order valence-corrected chi connectivity index (χ0v) is 16.8. The Balaban J connectivity index is 1.57. The van der Waals surface area contributed by atoms with Crippen molar-refractivity contribution in [3.05, 3.63) is 62.6 Å². The molecule has 0 aromatic heterocycles. The molecule has 7 heteroatoms. The number of hydrogen-bond donors (Lipinski definition) is 0. The average Bonchev–Trinajstić information content (AvgIpc) is 3.41. The van der Waals surface area contributed by atoms with E-state index in [9.17, 15) is 0 Å². The van der Waals surface area contributed by atoms with Crippen LogP contribution in [-0.4, -0.2) is 26.3 Å². The highest BCUT2D eigenvalue weighted by Crippen LogP contribution is 2.43. The summed E-state index contributed by atoms with van der Waals surface area (Å²) in [6.07, 6.45) is 2.64. The molecule has 1 fully saturated rings. The predicted molar refractivity (Wildman–Crippen MR) is 110 cm³/mol. The van der Waals surface area contributed by atoms with Gasteiger partial charge >= 0.3 is 0 Å². The highest BCUT2D eigenvalue weighted by molar-refractivity contribution is 6.40. The third-order valence-corrected chi connectivity index (χ3v) is 5.98. The molecule has 2 atom stereocenters. The predicted octanol–water partition coefficient (Wildman–Crippen LogP) is 5.52. The molecule has 1 heterocycles. The van der Waals surface area contributed by atoms with Crippen molar-refractivity contribution >= 4 is 48.4 Å². The molecule has 0 saturated heterocycles. The van der Waals surface area contributed by atoms with Gasteiger partial charge in [0.2, 0.25) is 0 Å². The summed E-state index contributed by atoms with van der Waals surface area (Å²) in [6, 6.07) is 11.0. The van der Waals surface area contributed by atoms with Gasteiger partial charge in [-0.1, -0.05) is 58.4 Å². The van der Waals surface area contributed by atoms with Gasteiger partial charge in [-0.25, -0.2) is 0 Å². The van der Waals surface area contributed by atoms with Crippen molar-refractivity contribution in [2.45, 2.75) is 25.3 Å². The van der Waals surface area contributed by atoms with Crippen LogP contribution >= 0.6 is 34.8 Å². The van der Waals surface area contributed by atoms with Crippen molar-refractivity contribution < 1.29 is 9.57 Å². The summed E-state index contributed by atoms with van der Waals surface area (Å²) in [4.78, 5) is 5.76. The second kappa shape index (κ2) is 7.94. The van der Waals surface area contributed by atoms with Crippen LogP contribution in [-0.2, 0) is 11.2 Å². The van der Waals surface area contributed by atoms with Crippen LogP contribution in [0.2, 0.25) is 15.1 Å². The van der Waals surface area contributed by atoms with Gasteiger partial charge in [-0.15, -0.1) is 0 Å². The quantitative estimate of drug-likeness (QED) is 0.576. The van der Waals surface area contributed by atoms with Crippen molar-refractivity contribution in [2.75, 3.05) is 6.61 Å². The van der Waals surface area contributed by atoms with Crippen LogP contribution in [0.1, 0.15) is 24.0 Å². The first-order valence-electron chi connectivity index (χ1n) is 8.88. The van der Waals surface area contributed by atoms with E-state index in [1.54, 1.807) is 18.2 Å². The lowest BCUT2D eigenvalue weighted by atomic mass is 9.90. The Hall–Kier alpha value is -1.36. The smallest absolute Gasteiger partial charge is 0.142 e. The Morgan fingerprint density at radius 3 is 2.44 bits per heavy atom. The van der Waals surface area contributed by atoms with Crippen molar-refractivity contribution in [1.82, 2.24) is 0 Å². The van der Waals surface area contributed by atoms with Gasteiger partial charge in [0.1, 0.15) is 24.2 Å². The molecule has 3 nitrogen and oxygen atoms in total. The van der Waals surface area contributed by atoms with Gasteiger partial charge < -0.3 is 9.57 Å². The molecule has 1 aliphatic carbocycles. The number of halogens is 3. The summed E-state index contributed by atoms with van der Waals surface area (Å²) in [5.74, 6) is 1.12. The molecule has 0 bridgehead atoms. The lowest BCUT2D eigenvalue weighted by Gasteiger charge is -2.20. The second-order valence-corrected chi connectivity index (χ2v) is 8.08. The Morgan fingerprint density at radius 2 is 1.81 bits per heavy atom. The highest BCUT2D eigenvalue weighted by atomic mass is 35.5. The highest BCUT2D eigenvalue weighted by Gasteiger charge is 2.46. The molecule has 2 unspecified atom stereocenters. The SMILES string of the molecule is [B]Cc1ccc(OCC2C(c3c(Cl)cccc3Cl)=NOC2C2CC2)cc1Cl. The third kappa shape index (κ3) is 3.94. The Labute approximate surface area is 175 Å². The third-order valence-electron chi connectivity index (χ3n) is 5.00. The van der Waals surface area contributed by atoms with E-state index >= 15 is 0 Å².